The number of hydrogen-bond acceptors (Lipinski definition) is 5. The number of anilines is 1. The normalized spacial score (nSPS) is 18.6. The largest absolute Gasteiger partial charge is 0.378 e. The smallest absolute Gasteiger partial charge is 0.254 e. The summed E-state index contributed by atoms with van der Waals surface area (Å²) in [5.74, 6) is 0.783. The standard InChI is InChI=1S/C25H27N5O2/c1-18-8-10-20(11-9-18)16-29-19(2)22(24(31)28-12-14-32-15-13-28)23(21-6-4-3-5-7-21)30-25(29)26-17-27-30/h3-11,17,23H,12-16H2,1-2H3/t23-/m1/s1. The molecular weight excluding hydrogens is 402 g/mol. The van der Waals surface area contributed by atoms with Gasteiger partial charge in [-0.15, -0.1) is 0 Å². The fourth-order valence-electron chi connectivity index (χ4n) is 4.45. The fourth-order valence-corrected chi connectivity index (χ4v) is 4.45. The van der Waals surface area contributed by atoms with E-state index in [1.165, 1.54) is 5.56 Å². The number of ether oxygens (including phenoxy) is 1. The number of carbonyl (C=O) groups excluding carboxylic acids is 1. The SMILES string of the molecule is CC1=C(C(=O)N2CCOCC2)[C@@H](c2ccccc2)n2ncnc2N1Cc1ccc(C)cc1. The van der Waals surface area contributed by atoms with Crippen LogP contribution in [0, 0.1) is 6.92 Å². The molecule has 0 unspecified atom stereocenters. The molecule has 3 heterocycles. The summed E-state index contributed by atoms with van der Waals surface area (Å²) in [7, 11) is 0. The van der Waals surface area contributed by atoms with E-state index in [-0.39, 0.29) is 11.9 Å². The molecule has 0 bridgehead atoms. The van der Waals surface area contributed by atoms with Gasteiger partial charge >= 0.3 is 0 Å². The van der Waals surface area contributed by atoms with E-state index in [0.717, 1.165) is 28.3 Å². The number of morpholine rings is 1. The molecule has 0 aliphatic carbocycles. The number of allylic oxidation sites excluding steroid dienone is 1. The maximum absolute atomic E-state index is 13.8. The van der Waals surface area contributed by atoms with Crippen molar-refractivity contribution in [1.29, 1.82) is 0 Å². The minimum atomic E-state index is -0.321. The number of nitrogens with zero attached hydrogens (tertiary/aromatic N) is 5. The Bertz CT molecular complexity index is 1130. The maximum Gasteiger partial charge on any atom is 0.254 e. The topological polar surface area (TPSA) is 63.5 Å². The van der Waals surface area contributed by atoms with Crippen molar-refractivity contribution in [3.8, 4) is 0 Å². The highest BCUT2D eigenvalue weighted by Crippen LogP contribution is 2.39. The average molecular weight is 430 g/mol. The molecule has 3 aromatic rings. The predicted molar refractivity (Wildman–Crippen MR) is 122 cm³/mol. The van der Waals surface area contributed by atoms with Crippen LogP contribution in [0.5, 0.6) is 0 Å². The number of fused-ring (bicyclic) bond motifs is 1. The molecule has 2 aliphatic rings. The molecule has 5 rings (SSSR count). The summed E-state index contributed by atoms with van der Waals surface area (Å²) in [6, 6.07) is 18.2. The molecule has 7 heteroatoms. The van der Waals surface area contributed by atoms with Crippen LogP contribution < -0.4 is 4.90 Å². The first-order chi connectivity index (χ1) is 15.6. The zero-order valence-corrected chi connectivity index (χ0v) is 18.4. The lowest BCUT2D eigenvalue weighted by atomic mass is 9.93. The van der Waals surface area contributed by atoms with E-state index in [2.05, 4.69) is 46.2 Å². The molecule has 1 amide bonds. The Morgan fingerprint density at radius 2 is 1.75 bits per heavy atom. The summed E-state index contributed by atoms with van der Waals surface area (Å²) >= 11 is 0. The zero-order chi connectivity index (χ0) is 22.1. The molecule has 2 aliphatic heterocycles. The minimum Gasteiger partial charge on any atom is -0.378 e. The van der Waals surface area contributed by atoms with Gasteiger partial charge in [-0.05, 0) is 25.0 Å². The molecule has 0 N–H and O–H groups in total. The molecule has 1 atom stereocenters. The molecule has 1 saturated heterocycles. The quantitative estimate of drug-likeness (QED) is 0.637. The minimum absolute atomic E-state index is 0.0368. The van der Waals surface area contributed by atoms with Crippen LogP contribution in [-0.4, -0.2) is 51.9 Å². The highest BCUT2D eigenvalue weighted by Gasteiger charge is 2.38. The molecule has 0 radical (unpaired) electrons. The van der Waals surface area contributed by atoms with Crippen LogP contribution in [0.1, 0.15) is 29.7 Å². The Morgan fingerprint density at radius 3 is 2.47 bits per heavy atom. The molecule has 1 aromatic heterocycles. The maximum atomic E-state index is 13.8. The molecule has 32 heavy (non-hydrogen) atoms. The Balaban J connectivity index is 1.62. The third-order valence-electron chi connectivity index (χ3n) is 6.21. The number of amides is 1. The van der Waals surface area contributed by atoms with Crippen molar-refractivity contribution in [3.63, 3.8) is 0 Å². The number of aromatic nitrogens is 3. The van der Waals surface area contributed by atoms with Gasteiger partial charge in [-0.25, -0.2) is 4.68 Å². The molecule has 2 aromatic carbocycles. The van der Waals surface area contributed by atoms with Crippen molar-refractivity contribution in [3.05, 3.63) is 88.9 Å². The van der Waals surface area contributed by atoms with Crippen LogP contribution in [0.4, 0.5) is 5.95 Å². The first-order valence-corrected chi connectivity index (χ1v) is 11.0. The summed E-state index contributed by atoms with van der Waals surface area (Å²) in [6.07, 6.45) is 1.57. The summed E-state index contributed by atoms with van der Waals surface area (Å²) < 4.78 is 7.36. The van der Waals surface area contributed by atoms with Gasteiger partial charge in [-0.3, -0.25) is 4.79 Å². The second-order valence-corrected chi connectivity index (χ2v) is 8.29. The Labute approximate surface area is 187 Å². The second-order valence-electron chi connectivity index (χ2n) is 8.29. The number of rotatable bonds is 4. The predicted octanol–water partition coefficient (Wildman–Crippen LogP) is 3.33. The molecule has 164 valence electrons. The monoisotopic (exact) mass is 429 g/mol. The number of aryl methyl sites for hydroxylation is 1. The lowest BCUT2D eigenvalue weighted by molar-refractivity contribution is -0.131. The highest BCUT2D eigenvalue weighted by atomic mass is 16.5. The van der Waals surface area contributed by atoms with Crippen LogP contribution in [0.25, 0.3) is 0 Å². The van der Waals surface area contributed by atoms with Crippen LogP contribution in [0.2, 0.25) is 0 Å². The molecule has 0 saturated carbocycles. The number of carbonyl (C=O) groups is 1. The highest BCUT2D eigenvalue weighted by molar-refractivity contribution is 5.97. The zero-order valence-electron chi connectivity index (χ0n) is 18.4. The second kappa shape index (κ2) is 8.59. The fraction of sp³-hybridized carbons (Fsp3) is 0.320. The van der Waals surface area contributed by atoms with E-state index in [4.69, 9.17) is 4.74 Å². The van der Waals surface area contributed by atoms with Crippen molar-refractivity contribution in [1.82, 2.24) is 19.7 Å². The Morgan fingerprint density at radius 1 is 1.03 bits per heavy atom. The van der Waals surface area contributed by atoms with Gasteiger partial charge in [0.05, 0.1) is 25.3 Å². The summed E-state index contributed by atoms with van der Waals surface area (Å²) in [5, 5.41) is 4.57. The van der Waals surface area contributed by atoms with E-state index in [9.17, 15) is 4.79 Å². The molecule has 1 fully saturated rings. The summed E-state index contributed by atoms with van der Waals surface area (Å²) in [6.45, 7) is 7.04. The van der Waals surface area contributed by atoms with Crippen molar-refractivity contribution >= 4 is 11.9 Å². The number of benzene rings is 2. The van der Waals surface area contributed by atoms with Gasteiger partial charge in [0.15, 0.2) is 0 Å². The molecule has 0 spiro atoms. The van der Waals surface area contributed by atoms with Crippen LogP contribution >= 0.6 is 0 Å². The molecular formula is C25H27N5O2. The van der Waals surface area contributed by atoms with E-state index in [1.807, 2.05) is 46.8 Å². The van der Waals surface area contributed by atoms with Gasteiger partial charge in [0, 0.05) is 18.8 Å². The average Bonchev–Trinajstić information content (AvgIpc) is 3.32. The first-order valence-electron chi connectivity index (χ1n) is 11.0. The van der Waals surface area contributed by atoms with Crippen molar-refractivity contribution in [2.24, 2.45) is 0 Å². The van der Waals surface area contributed by atoms with Gasteiger partial charge < -0.3 is 14.5 Å². The third-order valence-corrected chi connectivity index (χ3v) is 6.21. The van der Waals surface area contributed by atoms with Gasteiger partial charge in [-0.2, -0.15) is 10.1 Å². The van der Waals surface area contributed by atoms with Gasteiger partial charge in [-0.1, -0.05) is 60.2 Å². The van der Waals surface area contributed by atoms with E-state index in [1.54, 1.807) is 6.33 Å². The Hall–Kier alpha value is -3.45. The molecule has 7 nitrogen and oxygen atoms in total. The third kappa shape index (κ3) is 3.69. The number of hydrogen-bond donors (Lipinski definition) is 0. The lowest BCUT2D eigenvalue weighted by Gasteiger charge is -2.38. The van der Waals surface area contributed by atoms with Crippen molar-refractivity contribution < 1.29 is 9.53 Å². The van der Waals surface area contributed by atoms with Crippen molar-refractivity contribution in [2.45, 2.75) is 26.4 Å². The van der Waals surface area contributed by atoms with Crippen LogP contribution in [-0.2, 0) is 16.1 Å². The van der Waals surface area contributed by atoms with Crippen LogP contribution in [0.3, 0.4) is 0 Å². The Kier molecular flexibility index (Phi) is 5.49. The van der Waals surface area contributed by atoms with Gasteiger partial charge in [0.2, 0.25) is 5.95 Å². The van der Waals surface area contributed by atoms with Gasteiger partial charge in [0.1, 0.15) is 12.4 Å². The van der Waals surface area contributed by atoms with E-state index >= 15 is 0 Å². The van der Waals surface area contributed by atoms with Crippen LogP contribution in [0.15, 0.2) is 72.2 Å². The van der Waals surface area contributed by atoms with E-state index in [0.29, 0.717) is 32.8 Å². The van der Waals surface area contributed by atoms with Crippen molar-refractivity contribution in [2.75, 3.05) is 31.2 Å². The van der Waals surface area contributed by atoms with E-state index < -0.39 is 0 Å². The summed E-state index contributed by atoms with van der Waals surface area (Å²) in [5.41, 5.74) is 5.04. The summed E-state index contributed by atoms with van der Waals surface area (Å²) in [4.78, 5) is 22.4. The lowest BCUT2D eigenvalue weighted by Crippen LogP contribution is -2.45. The van der Waals surface area contributed by atoms with Gasteiger partial charge in [0.25, 0.3) is 5.91 Å². The first kappa shape index (κ1) is 20.5.